The van der Waals surface area contributed by atoms with Gasteiger partial charge in [0.15, 0.2) is 5.69 Å². The van der Waals surface area contributed by atoms with Gasteiger partial charge in [-0.3, -0.25) is 4.79 Å². The standard InChI is InChI=1S/C14H11N5O3S2/c1-6-11(13-17-7(3-15)4-24-13)19-12(22-6)9-5-23-10(18-9)2-8(16)14(20)21/h4-5,8H,2,16H2,1H3,(H,20,21). The Bertz CT molecular complexity index is 937. The van der Waals surface area contributed by atoms with Crippen molar-refractivity contribution in [3.8, 4) is 28.4 Å². The van der Waals surface area contributed by atoms with Gasteiger partial charge >= 0.3 is 5.97 Å². The fraction of sp³-hybridized carbons (Fsp3) is 0.214. The number of hydrogen-bond donors (Lipinski definition) is 2. The van der Waals surface area contributed by atoms with Gasteiger partial charge < -0.3 is 15.3 Å². The Hall–Kier alpha value is -2.61. The third kappa shape index (κ3) is 3.18. The van der Waals surface area contributed by atoms with E-state index < -0.39 is 12.0 Å². The van der Waals surface area contributed by atoms with E-state index in [1.165, 1.54) is 22.7 Å². The second-order valence-electron chi connectivity index (χ2n) is 4.85. The van der Waals surface area contributed by atoms with Crippen LogP contribution in [0, 0.1) is 18.3 Å². The number of oxazole rings is 1. The molecule has 3 aromatic heterocycles. The van der Waals surface area contributed by atoms with Gasteiger partial charge in [0, 0.05) is 17.2 Å². The van der Waals surface area contributed by atoms with Gasteiger partial charge in [-0.15, -0.1) is 22.7 Å². The molecule has 3 N–H and O–H groups in total. The molecule has 0 radical (unpaired) electrons. The first-order valence-electron chi connectivity index (χ1n) is 6.74. The van der Waals surface area contributed by atoms with E-state index in [-0.39, 0.29) is 6.42 Å². The molecule has 1 unspecified atom stereocenters. The Morgan fingerprint density at radius 2 is 2.21 bits per heavy atom. The van der Waals surface area contributed by atoms with Crippen molar-refractivity contribution >= 4 is 28.6 Å². The van der Waals surface area contributed by atoms with Crippen LogP contribution < -0.4 is 5.73 Å². The zero-order valence-corrected chi connectivity index (χ0v) is 14.0. The number of carbonyl (C=O) groups is 1. The van der Waals surface area contributed by atoms with Crippen molar-refractivity contribution in [3.63, 3.8) is 0 Å². The molecule has 122 valence electrons. The highest BCUT2D eigenvalue weighted by molar-refractivity contribution is 7.13. The molecule has 0 saturated heterocycles. The van der Waals surface area contributed by atoms with Gasteiger partial charge in [-0.05, 0) is 6.92 Å². The van der Waals surface area contributed by atoms with Gasteiger partial charge in [0.2, 0.25) is 5.89 Å². The summed E-state index contributed by atoms with van der Waals surface area (Å²) in [4.78, 5) is 23.7. The highest BCUT2D eigenvalue weighted by Gasteiger charge is 2.19. The molecule has 10 heteroatoms. The lowest BCUT2D eigenvalue weighted by Gasteiger charge is -2.01. The molecule has 8 nitrogen and oxygen atoms in total. The number of carboxylic acid groups (broad SMARTS) is 1. The molecule has 24 heavy (non-hydrogen) atoms. The number of aliphatic carboxylic acids is 1. The monoisotopic (exact) mass is 361 g/mol. The minimum Gasteiger partial charge on any atom is -0.480 e. The maximum Gasteiger partial charge on any atom is 0.320 e. The number of hydrogen-bond acceptors (Lipinski definition) is 9. The molecule has 0 saturated carbocycles. The number of nitrogens with zero attached hydrogens (tertiary/aromatic N) is 4. The Balaban J connectivity index is 1.86. The second kappa shape index (κ2) is 6.48. The van der Waals surface area contributed by atoms with Gasteiger partial charge in [0.1, 0.15) is 34.3 Å². The van der Waals surface area contributed by atoms with Crippen molar-refractivity contribution in [2.75, 3.05) is 0 Å². The average molecular weight is 361 g/mol. The van der Waals surface area contributed by atoms with Crippen LogP contribution in [0.25, 0.3) is 22.3 Å². The van der Waals surface area contributed by atoms with E-state index >= 15 is 0 Å². The van der Waals surface area contributed by atoms with Crippen molar-refractivity contribution in [1.82, 2.24) is 15.0 Å². The number of thiazole rings is 2. The van der Waals surface area contributed by atoms with E-state index in [9.17, 15) is 4.79 Å². The van der Waals surface area contributed by atoms with Crippen LogP contribution in [0.4, 0.5) is 0 Å². The van der Waals surface area contributed by atoms with E-state index in [1.807, 2.05) is 6.07 Å². The van der Waals surface area contributed by atoms with Gasteiger partial charge in [0.25, 0.3) is 0 Å². The maximum absolute atomic E-state index is 10.8. The number of nitrogens with two attached hydrogens (primary N) is 1. The number of nitriles is 1. The Morgan fingerprint density at radius 3 is 2.88 bits per heavy atom. The van der Waals surface area contributed by atoms with Crippen LogP contribution in [0.5, 0.6) is 0 Å². The summed E-state index contributed by atoms with van der Waals surface area (Å²) >= 11 is 2.61. The number of aryl methyl sites for hydroxylation is 1. The van der Waals surface area contributed by atoms with E-state index in [0.717, 1.165) is 0 Å². The average Bonchev–Trinajstić information content (AvgIpc) is 3.25. The van der Waals surface area contributed by atoms with Gasteiger partial charge in [-0.2, -0.15) is 5.26 Å². The summed E-state index contributed by atoms with van der Waals surface area (Å²) in [5.41, 5.74) is 6.92. The summed E-state index contributed by atoms with van der Waals surface area (Å²) < 4.78 is 5.63. The lowest BCUT2D eigenvalue weighted by Crippen LogP contribution is -2.32. The Morgan fingerprint density at radius 1 is 1.42 bits per heavy atom. The van der Waals surface area contributed by atoms with E-state index in [1.54, 1.807) is 17.7 Å². The first-order chi connectivity index (χ1) is 11.5. The van der Waals surface area contributed by atoms with Crippen LogP contribution in [0.1, 0.15) is 16.5 Å². The molecule has 0 spiro atoms. The normalized spacial score (nSPS) is 12.0. The quantitative estimate of drug-likeness (QED) is 0.704. The topological polar surface area (TPSA) is 139 Å². The summed E-state index contributed by atoms with van der Waals surface area (Å²) in [5, 5.41) is 22.3. The molecular formula is C14H11N5O3S2. The predicted molar refractivity (Wildman–Crippen MR) is 87.5 cm³/mol. The highest BCUT2D eigenvalue weighted by Crippen LogP contribution is 2.31. The molecule has 0 aromatic carbocycles. The molecular weight excluding hydrogens is 350 g/mol. The summed E-state index contributed by atoms with van der Waals surface area (Å²) in [5.74, 6) is -0.179. The lowest BCUT2D eigenvalue weighted by molar-refractivity contribution is -0.138. The zero-order chi connectivity index (χ0) is 17.3. The van der Waals surface area contributed by atoms with Crippen molar-refractivity contribution in [2.24, 2.45) is 5.73 Å². The minimum atomic E-state index is -1.07. The molecule has 0 amide bonds. The smallest absolute Gasteiger partial charge is 0.320 e. The highest BCUT2D eigenvalue weighted by atomic mass is 32.1. The van der Waals surface area contributed by atoms with Crippen LogP contribution in [-0.4, -0.2) is 32.1 Å². The lowest BCUT2D eigenvalue weighted by atomic mass is 10.2. The van der Waals surface area contributed by atoms with Crippen LogP contribution in [-0.2, 0) is 11.2 Å². The molecule has 3 aromatic rings. The minimum absolute atomic E-state index is 0.143. The molecule has 3 heterocycles. The van der Waals surface area contributed by atoms with Crippen molar-refractivity contribution in [2.45, 2.75) is 19.4 Å². The summed E-state index contributed by atoms with van der Waals surface area (Å²) in [6.07, 6.45) is 0.143. The fourth-order valence-electron chi connectivity index (χ4n) is 1.92. The van der Waals surface area contributed by atoms with Crippen LogP contribution in [0.15, 0.2) is 15.2 Å². The van der Waals surface area contributed by atoms with Crippen molar-refractivity contribution < 1.29 is 14.3 Å². The van der Waals surface area contributed by atoms with E-state index in [0.29, 0.717) is 38.7 Å². The number of aromatic nitrogens is 3. The fourth-order valence-corrected chi connectivity index (χ4v) is 3.53. The molecule has 0 aliphatic heterocycles. The molecule has 1 atom stereocenters. The SMILES string of the molecule is Cc1oc(-c2csc(CC(N)C(=O)O)n2)nc1-c1nc(C#N)cs1. The molecule has 0 bridgehead atoms. The van der Waals surface area contributed by atoms with E-state index in [4.69, 9.17) is 20.5 Å². The van der Waals surface area contributed by atoms with Gasteiger partial charge in [-0.1, -0.05) is 0 Å². The summed E-state index contributed by atoms with van der Waals surface area (Å²) in [6, 6.07) is 0.981. The molecule has 0 aliphatic carbocycles. The maximum atomic E-state index is 10.8. The largest absolute Gasteiger partial charge is 0.480 e. The first kappa shape index (κ1) is 16.3. The molecule has 3 rings (SSSR count). The number of rotatable bonds is 5. The Kier molecular flexibility index (Phi) is 4.39. The summed E-state index contributed by atoms with van der Waals surface area (Å²) in [6.45, 7) is 1.76. The van der Waals surface area contributed by atoms with Crippen LogP contribution in [0.3, 0.4) is 0 Å². The molecule has 0 fully saturated rings. The third-order valence-corrected chi connectivity index (χ3v) is 4.82. The number of carboxylic acids is 1. The third-order valence-electron chi connectivity index (χ3n) is 3.10. The van der Waals surface area contributed by atoms with Gasteiger partial charge in [0.05, 0.1) is 5.01 Å². The van der Waals surface area contributed by atoms with Gasteiger partial charge in [-0.25, -0.2) is 15.0 Å². The first-order valence-corrected chi connectivity index (χ1v) is 8.50. The second-order valence-corrected chi connectivity index (χ2v) is 6.65. The van der Waals surface area contributed by atoms with Crippen LogP contribution in [0.2, 0.25) is 0 Å². The van der Waals surface area contributed by atoms with E-state index in [2.05, 4.69) is 15.0 Å². The predicted octanol–water partition coefficient (Wildman–Crippen LogP) is 2.06. The summed E-state index contributed by atoms with van der Waals surface area (Å²) in [7, 11) is 0. The zero-order valence-electron chi connectivity index (χ0n) is 12.4. The Labute approximate surface area is 144 Å². The van der Waals surface area contributed by atoms with Crippen molar-refractivity contribution in [3.05, 3.63) is 27.2 Å². The van der Waals surface area contributed by atoms with Crippen molar-refractivity contribution in [1.29, 1.82) is 5.26 Å². The molecule has 0 aliphatic rings. The van der Waals surface area contributed by atoms with Crippen LogP contribution >= 0.6 is 22.7 Å².